The molecule has 0 unspecified atom stereocenters. The predicted octanol–water partition coefficient (Wildman–Crippen LogP) is 3.17. The molecule has 0 saturated heterocycles. The molecule has 0 aromatic heterocycles. The van der Waals surface area contributed by atoms with Crippen LogP contribution in [0.1, 0.15) is 11.1 Å². The maximum Gasteiger partial charge on any atom is 0.244 e. The third-order valence-electron chi connectivity index (χ3n) is 3.40. The molecule has 0 fully saturated rings. The number of hydrogen-bond donors (Lipinski definition) is 1. The fourth-order valence-electron chi connectivity index (χ4n) is 2.20. The largest absolute Gasteiger partial charge is 0.496 e. The van der Waals surface area contributed by atoms with E-state index >= 15 is 0 Å². The number of rotatable bonds is 7. The van der Waals surface area contributed by atoms with Gasteiger partial charge in [-0.1, -0.05) is 22.0 Å². The highest BCUT2D eigenvalue weighted by Gasteiger charge is 2.08. The fraction of sp³-hybridized carbons (Fsp3) is 0.222. The molecule has 0 atom stereocenters. The Morgan fingerprint density at radius 2 is 1.72 bits per heavy atom. The number of ether oxygens (including phenoxy) is 3. The van der Waals surface area contributed by atoms with Crippen molar-refractivity contribution in [3.8, 4) is 17.2 Å². The Morgan fingerprint density at radius 3 is 2.40 bits per heavy atom. The summed E-state index contributed by atoms with van der Waals surface area (Å²) in [7, 11) is 4.70. The van der Waals surface area contributed by atoms with Crippen LogP contribution in [0.15, 0.2) is 46.0 Å². The second-order valence-electron chi connectivity index (χ2n) is 5.05. The van der Waals surface area contributed by atoms with Gasteiger partial charge in [0, 0.05) is 10.0 Å². The van der Waals surface area contributed by atoms with Gasteiger partial charge < -0.3 is 14.2 Å². The number of hydrogen-bond acceptors (Lipinski definition) is 5. The number of nitrogens with one attached hydrogen (secondary N) is 1. The summed E-state index contributed by atoms with van der Waals surface area (Å²) in [5.74, 6) is 1.63. The van der Waals surface area contributed by atoms with Gasteiger partial charge in [0.2, 0.25) is 5.91 Å². The highest BCUT2D eigenvalue weighted by molar-refractivity contribution is 9.10. The molecule has 2 aromatic carbocycles. The molecular weight excluding hydrogens is 388 g/mol. The summed E-state index contributed by atoms with van der Waals surface area (Å²) in [6.45, 7) is 0. The van der Waals surface area contributed by atoms with Gasteiger partial charge in [0.25, 0.3) is 0 Å². The predicted molar refractivity (Wildman–Crippen MR) is 99.7 cm³/mol. The van der Waals surface area contributed by atoms with E-state index in [1.165, 1.54) is 6.21 Å². The first kappa shape index (κ1) is 18.8. The van der Waals surface area contributed by atoms with Crippen molar-refractivity contribution in [1.29, 1.82) is 0 Å². The lowest BCUT2D eigenvalue weighted by Gasteiger charge is -2.09. The van der Waals surface area contributed by atoms with Gasteiger partial charge >= 0.3 is 0 Å². The number of hydrazone groups is 1. The summed E-state index contributed by atoms with van der Waals surface area (Å²) < 4.78 is 16.6. The number of methoxy groups -OCH3 is 3. The van der Waals surface area contributed by atoms with Gasteiger partial charge in [-0.15, -0.1) is 0 Å². The molecule has 0 aliphatic rings. The van der Waals surface area contributed by atoms with Gasteiger partial charge in [-0.05, 0) is 35.9 Å². The summed E-state index contributed by atoms with van der Waals surface area (Å²) in [4.78, 5) is 12.0. The molecule has 2 rings (SSSR count). The molecule has 1 N–H and O–H groups in total. The van der Waals surface area contributed by atoms with Crippen LogP contribution in [0.2, 0.25) is 0 Å². The van der Waals surface area contributed by atoms with Crippen molar-refractivity contribution in [2.45, 2.75) is 6.42 Å². The summed E-state index contributed by atoms with van der Waals surface area (Å²) in [5.41, 5.74) is 4.05. The maximum atomic E-state index is 12.0. The molecule has 0 saturated carbocycles. The number of nitrogens with zero attached hydrogens (tertiary/aromatic N) is 1. The molecule has 6 nitrogen and oxygen atoms in total. The van der Waals surface area contributed by atoms with Gasteiger partial charge in [-0.2, -0.15) is 5.10 Å². The van der Waals surface area contributed by atoms with E-state index in [9.17, 15) is 4.79 Å². The number of halogens is 1. The van der Waals surface area contributed by atoms with E-state index in [2.05, 4.69) is 26.5 Å². The van der Waals surface area contributed by atoms with Crippen molar-refractivity contribution in [3.63, 3.8) is 0 Å². The topological polar surface area (TPSA) is 69.2 Å². The van der Waals surface area contributed by atoms with Crippen LogP contribution in [0.3, 0.4) is 0 Å². The van der Waals surface area contributed by atoms with Crippen molar-refractivity contribution in [1.82, 2.24) is 5.43 Å². The highest BCUT2D eigenvalue weighted by atomic mass is 79.9. The Hall–Kier alpha value is -2.54. The van der Waals surface area contributed by atoms with E-state index < -0.39 is 0 Å². The third-order valence-corrected chi connectivity index (χ3v) is 3.89. The van der Waals surface area contributed by atoms with Gasteiger partial charge in [-0.3, -0.25) is 4.79 Å². The average Bonchev–Trinajstić information content (AvgIpc) is 2.61. The second-order valence-corrected chi connectivity index (χ2v) is 5.96. The first-order valence-electron chi connectivity index (χ1n) is 7.43. The highest BCUT2D eigenvalue weighted by Crippen LogP contribution is 2.27. The van der Waals surface area contributed by atoms with Gasteiger partial charge in [-0.25, -0.2) is 5.43 Å². The zero-order valence-electron chi connectivity index (χ0n) is 14.2. The zero-order chi connectivity index (χ0) is 18.2. The quantitative estimate of drug-likeness (QED) is 0.566. The molecular formula is C18H19BrN2O4. The van der Waals surface area contributed by atoms with E-state index in [-0.39, 0.29) is 12.3 Å². The molecule has 7 heteroatoms. The van der Waals surface area contributed by atoms with E-state index in [4.69, 9.17) is 14.2 Å². The molecule has 25 heavy (non-hydrogen) atoms. The lowest BCUT2D eigenvalue weighted by Crippen LogP contribution is -2.19. The monoisotopic (exact) mass is 406 g/mol. The average molecular weight is 407 g/mol. The lowest BCUT2D eigenvalue weighted by molar-refractivity contribution is -0.120. The molecule has 0 spiro atoms. The Bertz CT molecular complexity index is 778. The van der Waals surface area contributed by atoms with Crippen molar-refractivity contribution < 1.29 is 19.0 Å². The molecule has 0 heterocycles. The van der Waals surface area contributed by atoms with Crippen LogP contribution in [0, 0.1) is 0 Å². The van der Waals surface area contributed by atoms with Crippen LogP contribution in [-0.2, 0) is 11.2 Å². The Kier molecular flexibility index (Phi) is 6.82. The van der Waals surface area contributed by atoms with Gasteiger partial charge in [0.15, 0.2) is 11.5 Å². The van der Waals surface area contributed by atoms with Gasteiger partial charge in [0.1, 0.15) is 5.75 Å². The third kappa shape index (κ3) is 5.22. The van der Waals surface area contributed by atoms with Crippen molar-refractivity contribution >= 4 is 28.1 Å². The van der Waals surface area contributed by atoms with E-state index in [1.54, 1.807) is 33.5 Å². The first-order chi connectivity index (χ1) is 12.1. The number of benzene rings is 2. The second kappa shape index (κ2) is 9.08. The fourth-order valence-corrected chi connectivity index (χ4v) is 2.57. The summed E-state index contributed by atoms with van der Waals surface area (Å²) in [6.07, 6.45) is 1.71. The lowest BCUT2D eigenvalue weighted by atomic mass is 10.1. The van der Waals surface area contributed by atoms with Crippen molar-refractivity contribution in [3.05, 3.63) is 52.0 Å². The summed E-state index contributed by atoms with van der Waals surface area (Å²) >= 11 is 3.39. The van der Waals surface area contributed by atoms with Crippen LogP contribution >= 0.6 is 15.9 Å². The molecule has 0 aliphatic heterocycles. The summed E-state index contributed by atoms with van der Waals surface area (Å²) in [6, 6.07) is 10.9. The molecule has 0 aliphatic carbocycles. The summed E-state index contributed by atoms with van der Waals surface area (Å²) in [5, 5.41) is 3.98. The van der Waals surface area contributed by atoms with Crippen molar-refractivity contribution in [2.24, 2.45) is 5.10 Å². The van der Waals surface area contributed by atoms with Crippen LogP contribution in [0.5, 0.6) is 17.2 Å². The normalized spacial score (nSPS) is 10.6. The first-order valence-corrected chi connectivity index (χ1v) is 8.23. The molecule has 2 aromatic rings. The minimum Gasteiger partial charge on any atom is -0.496 e. The minimum absolute atomic E-state index is 0.174. The van der Waals surface area contributed by atoms with E-state index in [1.807, 2.05) is 24.3 Å². The van der Waals surface area contributed by atoms with Gasteiger partial charge in [0.05, 0.1) is 34.0 Å². The van der Waals surface area contributed by atoms with Crippen LogP contribution in [-0.4, -0.2) is 33.5 Å². The number of amides is 1. The van der Waals surface area contributed by atoms with Crippen LogP contribution in [0.25, 0.3) is 0 Å². The van der Waals surface area contributed by atoms with Crippen molar-refractivity contribution in [2.75, 3.05) is 21.3 Å². The maximum absolute atomic E-state index is 12.0. The standard InChI is InChI=1S/C18H19BrN2O4/c1-23-15-7-5-14(19)10-13(15)11-20-21-18(22)9-12-4-6-16(24-2)17(8-12)25-3/h4-8,10-11H,9H2,1-3H3,(H,21,22)/b20-11+. The molecule has 0 radical (unpaired) electrons. The molecule has 0 bridgehead atoms. The molecule has 1 amide bonds. The number of carbonyl (C=O) groups is 1. The Morgan fingerprint density at radius 1 is 1.04 bits per heavy atom. The van der Waals surface area contributed by atoms with E-state index in [0.717, 1.165) is 15.6 Å². The smallest absolute Gasteiger partial charge is 0.244 e. The molecule has 132 valence electrons. The Balaban J connectivity index is 2.00. The minimum atomic E-state index is -0.238. The van der Waals surface area contributed by atoms with Crippen LogP contribution in [0.4, 0.5) is 0 Å². The Labute approximate surface area is 154 Å². The van der Waals surface area contributed by atoms with Crippen LogP contribution < -0.4 is 19.6 Å². The number of carbonyl (C=O) groups excluding carboxylic acids is 1. The zero-order valence-corrected chi connectivity index (χ0v) is 15.8. The SMILES string of the molecule is COc1ccc(Br)cc1/C=N/NC(=O)Cc1ccc(OC)c(OC)c1. The van der Waals surface area contributed by atoms with E-state index in [0.29, 0.717) is 17.2 Å².